The van der Waals surface area contributed by atoms with Gasteiger partial charge in [0.25, 0.3) is 0 Å². The summed E-state index contributed by atoms with van der Waals surface area (Å²) in [5, 5.41) is 4.15. The Labute approximate surface area is 184 Å². The molecule has 2 aromatic carbocycles. The normalized spacial score (nSPS) is 11.2. The number of rotatable bonds is 7. The summed E-state index contributed by atoms with van der Waals surface area (Å²) < 4.78 is 3.21. The van der Waals surface area contributed by atoms with E-state index < -0.39 is 0 Å². The van der Waals surface area contributed by atoms with Crippen LogP contribution in [0.5, 0.6) is 0 Å². The highest BCUT2D eigenvalue weighted by atomic mass is 79.9. The summed E-state index contributed by atoms with van der Waals surface area (Å²) in [6, 6.07) is 18.5. The van der Waals surface area contributed by atoms with Crippen LogP contribution in [0.3, 0.4) is 0 Å². The first-order chi connectivity index (χ1) is 14.0. The molecule has 0 unspecified atom stereocenters. The van der Waals surface area contributed by atoms with Gasteiger partial charge in [-0.15, -0.1) is 11.8 Å². The van der Waals surface area contributed by atoms with Gasteiger partial charge in [-0.3, -0.25) is 4.79 Å². The lowest BCUT2D eigenvalue weighted by atomic mass is 10.1. The molecule has 1 amide bonds. The molecule has 3 rings (SSSR count). The fourth-order valence-electron chi connectivity index (χ4n) is 3.16. The van der Waals surface area contributed by atoms with Crippen molar-refractivity contribution in [1.29, 1.82) is 0 Å². The van der Waals surface area contributed by atoms with Gasteiger partial charge in [-0.1, -0.05) is 46.3 Å². The molecule has 0 spiro atoms. The number of hydrogen-bond acceptors (Lipinski definition) is 3. The summed E-state index contributed by atoms with van der Waals surface area (Å²) in [7, 11) is 0. The predicted molar refractivity (Wildman–Crippen MR) is 126 cm³/mol. The highest BCUT2D eigenvalue weighted by molar-refractivity contribution is 9.10. The molecular formula is C23H24BrN3OS. The van der Waals surface area contributed by atoms with Crippen LogP contribution in [0, 0.1) is 20.8 Å². The Hall–Kier alpha value is -2.31. The number of aromatic nitrogens is 1. The van der Waals surface area contributed by atoms with Crippen LogP contribution in [0.2, 0.25) is 0 Å². The van der Waals surface area contributed by atoms with Gasteiger partial charge in [-0.2, -0.15) is 5.10 Å². The number of halogens is 1. The number of nitrogens with zero attached hydrogens (tertiary/aromatic N) is 2. The predicted octanol–water partition coefficient (Wildman–Crippen LogP) is 5.55. The van der Waals surface area contributed by atoms with Crippen molar-refractivity contribution in [2.45, 2.75) is 26.5 Å². The van der Waals surface area contributed by atoms with Crippen molar-refractivity contribution in [3.63, 3.8) is 0 Å². The summed E-state index contributed by atoms with van der Waals surface area (Å²) in [4.78, 5) is 12.1. The molecule has 29 heavy (non-hydrogen) atoms. The molecule has 3 aromatic rings. The molecule has 150 valence electrons. The number of amides is 1. The Morgan fingerprint density at radius 3 is 2.69 bits per heavy atom. The minimum absolute atomic E-state index is 0.0966. The molecule has 1 heterocycles. The van der Waals surface area contributed by atoms with E-state index in [9.17, 15) is 4.79 Å². The third kappa shape index (κ3) is 5.61. The Morgan fingerprint density at radius 2 is 1.93 bits per heavy atom. The highest BCUT2D eigenvalue weighted by Crippen LogP contribution is 2.22. The smallest absolute Gasteiger partial charge is 0.250 e. The molecule has 0 fully saturated rings. The maximum Gasteiger partial charge on any atom is 0.250 e. The fraction of sp³-hybridized carbons (Fsp3) is 0.217. The van der Waals surface area contributed by atoms with Gasteiger partial charge in [0.1, 0.15) is 0 Å². The van der Waals surface area contributed by atoms with Gasteiger partial charge in [0.15, 0.2) is 0 Å². The monoisotopic (exact) mass is 469 g/mol. The van der Waals surface area contributed by atoms with Gasteiger partial charge in [0, 0.05) is 32.9 Å². The Kier molecular flexibility index (Phi) is 7.34. The molecule has 1 aromatic heterocycles. The van der Waals surface area contributed by atoms with Gasteiger partial charge < -0.3 is 4.57 Å². The fourth-order valence-corrected chi connectivity index (χ4v) is 4.45. The molecule has 6 heteroatoms. The van der Waals surface area contributed by atoms with Crippen LogP contribution in [0.25, 0.3) is 5.69 Å². The number of benzene rings is 2. The largest absolute Gasteiger partial charge is 0.318 e. The standard InChI is InChI=1S/C23H24BrN3OS/c1-16-7-4-5-8-19(16)14-29-15-23(28)26-25-13-20-11-17(2)27(18(20)3)22-10-6-9-21(24)12-22/h4-13H,14-15H2,1-3H3,(H,26,28)/b25-13-. The summed E-state index contributed by atoms with van der Waals surface area (Å²) in [5.41, 5.74) is 9.40. The van der Waals surface area contributed by atoms with Crippen LogP contribution >= 0.6 is 27.7 Å². The summed E-state index contributed by atoms with van der Waals surface area (Å²) in [6.45, 7) is 6.20. The van der Waals surface area contributed by atoms with E-state index in [1.807, 2.05) is 24.3 Å². The average molecular weight is 470 g/mol. The van der Waals surface area contributed by atoms with Crippen molar-refractivity contribution in [3.05, 3.63) is 87.1 Å². The van der Waals surface area contributed by atoms with E-state index in [4.69, 9.17) is 0 Å². The van der Waals surface area contributed by atoms with Crippen LogP contribution in [-0.4, -0.2) is 22.4 Å². The second-order valence-electron chi connectivity index (χ2n) is 6.85. The van der Waals surface area contributed by atoms with Crippen molar-refractivity contribution >= 4 is 39.8 Å². The van der Waals surface area contributed by atoms with Crippen LogP contribution in [0.15, 0.2) is 64.2 Å². The van der Waals surface area contributed by atoms with Crippen LogP contribution in [0.1, 0.15) is 28.1 Å². The third-order valence-electron chi connectivity index (χ3n) is 4.68. The van der Waals surface area contributed by atoms with Gasteiger partial charge in [-0.05, 0) is 56.2 Å². The number of aryl methyl sites for hydroxylation is 2. The molecule has 0 saturated carbocycles. The Bertz CT molecular complexity index is 1040. The molecule has 0 aliphatic carbocycles. The molecule has 0 aliphatic heterocycles. The van der Waals surface area contributed by atoms with E-state index >= 15 is 0 Å². The number of carbonyl (C=O) groups excluding carboxylic acids is 1. The number of nitrogens with one attached hydrogen (secondary N) is 1. The quantitative estimate of drug-likeness (QED) is 0.364. The van der Waals surface area contributed by atoms with Gasteiger partial charge >= 0.3 is 0 Å². The first-order valence-electron chi connectivity index (χ1n) is 9.34. The SMILES string of the molecule is Cc1ccccc1CSCC(=O)N/N=C\c1cc(C)n(-c2cccc(Br)c2)c1C. The van der Waals surface area contributed by atoms with Gasteiger partial charge in [-0.25, -0.2) is 5.43 Å². The van der Waals surface area contributed by atoms with E-state index in [1.165, 1.54) is 11.1 Å². The summed E-state index contributed by atoms with van der Waals surface area (Å²) in [6.07, 6.45) is 1.71. The highest BCUT2D eigenvalue weighted by Gasteiger charge is 2.10. The molecule has 1 N–H and O–H groups in total. The van der Waals surface area contributed by atoms with E-state index in [1.54, 1.807) is 18.0 Å². The molecule has 0 aliphatic rings. The minimum Gasteiger partial charge on any atom is -0.318 e. The van der Waals surface area contributed by atoms with E-state index in [0.29, 0.717) is 5.75 Å². The lowest BCUT2D eigenvalue weighted by Gasteiger charge is -2.09. The lowest BCUT2D eigenvalue weighted by Crippen LogP contribution is -2.19. The average Bonchev–Trinajstić information content (AvgIpc) is 2.97. The minimum atomic E-state index is -0.0966. The zero-order chi connectivity index (χ0) is 20.8. The molecular weight excluding hydrogens is 446 g/mol. The van der Waals surface area contributed by atoms with Gasteiger partial charge in [0.05, 0.1) is 12.0 Å². The van der Waals surface area contributed by atoms with Crippen LogP contribution in [0.4, 0.5) is 0 Å². The Balaban J connectivity index is 1.57. The van der Waals surface area contributed by atoms with Crippen LogP contribution < -0.4 is 5.43 Å². The number of carbonyl (C=O) groups is 1. The van der Waals surface area contributed by atoms with Crippen molar-refractivity contribution in [2.75, 3.05) is 5.75 Å². The molecule has 0 radical (unpaired) electrons. The zero-order valence-corrected chi connectivity index (χ0v) is 19.2. The number of hydrazone groups is 1. The summed E-state index contributed by atoms with van der Waals surface area (Å²) >= 11 is 5.11. The third-order valence-corrected chi connectivity index (χ3v) is 6.16. The van der Waals surface area contributed by atoms with E-state index in [2.05, 4.69) is 82.1 Å². The number of thioether (sulfide) groups is 1. The maximum atomic E-state index is 12.1. The lowest BCUT2D eigenvalue weighted by molar-refractivity contribution is -0.118. The zero-order valence-electron chi connectivity index (χ0n) is 16.8. The van der Waals surface area contributed by atoms with Crippen LogP contribution in [-0.2, 0) is 10.5 Å². The van der Waals surface area contributed by atoms with Crippen molar-refractivity contribution < 1.29 is 4.79 Å². The molecule has 0 saturated heterocycles. The molecule has 0 bridgehead atoms. The van der Waals surface area contributed by atoms with E-state index in [0.717, 1.165) is 32.9 Å². The summed E-state index contributed by atoms with van der Waals surface area (Å²) in [5.74, 6) is 1.10. The van der Waals surface area contributed by atoms with Crippen molar-refractivity contribution in [3.8, 4) is 5.69 Å². The van der Waals surface area contributed by atoms with E-state index in [-0.39, 0.29) is 5.91 Å². The van der Waals surface area contributed by atoms with Gasteiger partial charge in [0.2, 0.25) is 5.91 Å². The Morgan fingerprint density at radius 1 is 1.14 bits per heavy atom. The molecule has 0 atom stereocenters. The number of hydrogen-bond donors (Lipinski definition) is 1. The second-order valence-corrected chi connectivity index (χ2v) is 8.76. The first kappa shape index (κ1) is 21.4. The van der Waals surface area contributed by atoms with Crippen molar-refractivity contribution in [2.24, 2.45) is 5.10 Å². The topological polar surface area (TPSA) is 46.4 Å². The molecule has 4 nitrogen and oxygen atoms in total. The maximum absolute atomic E-state index is 12.1. The first-order valence-corrected chi connectivity index (χ1v) is 11.3. The van der Waals surface area contributed by atoms with Crippen molar-refractivity contribution in [1.82, 2.24) is 9.99 Å². The second kappa shape index (κ2) is 9.94.